The molecule has 0 N–H and O–H groups in total. The molecular formula is C25H29F3O5. The van der Waals surface area contributed by atoms with Gasteiger partial charge >= 0.3 is 18.1 Å². The van der Waals surface area contributed by atoms with Crippen molar-refractivity contribution in [3.63, 3.8) is 0 Å². The number of allylic oxidation sites excluding steroid dienone is 4. The van der Waals surface area contributed by atoms with Gasteiger partial charge in [-0.25, -0.2) is 9.59 Å². The van der Waals surface area contributed by atoms with Crippen LogP contribution in [0.25, 0.3) is 0 Å². The maximum absolute atomic E-state index is 14.3. The minimum atomic E-state index is -5.07. The first-order chi connectivity index (χ1) is 15.7. The molecule has 0 saturated carbocycles. The molecule has 1 aromatic carbocycles. The van der Waals surface area contributed by atoms with Gasteiger partial charge in [0.2, 0.25) is 0 Å². The summed E-state index contributed by atoms with van der Waals surface area (Å²) in [4.78, 5) is 25.2. The third kappa shape index (κ3) is 6.13. The monoisotopic (exact) mass is 466 g/mol. The van der Waals surface area contributed by atoms with Crippen LogP contribution in [-0.2, 0) is 29.4 Å². The standard InChI is InChI=1S/C25H29F3O5/c1-4-5-7-16-21(18-12-10-11-13-19(17-18)22(29)31-2)33-23(30)24(32-3,25(26,27)28)20-14-8-6-9-15-20/h6,8-15,21H,4-5,7,16-17H2,1-3H3/t21-,24-/m1/s1. The predicted octanol–water partition coefficient (Wildman–Crippen LogP) is 5.57. The van der Waals surface area contributed by atoms with Crippen molar-refractivity contribution in [1.29, 1.82) is 0 Å². The lowest BCUT2D eigenvalue weighted by atomic mass is 9.92. The van der Waals surface area contributed by atoms with Crippen LogP contribution in [0.2, 0.25) is 0 Å². The Balaban J connectivity index is 2.43. The van der Waals surface area contributed by atoms with E-state index >= 15 is 0 Å². The van der Waals surface area contributed by atoms with Crippen molar-refractivity contribution in [3.05, 3.63) is 71.3 Å². The average Bonchev–Trinajstić information content (AvgIpc) is 3.05. The van der Waals surface area contributed by atoms with Crippen molar-refractivity contribution >= 4 is 11.9 Å². The Morgan fingerprint density at radius 3 is 2.27 bits per heavy atom. The number of methoxy groups -OCH3 is 2. The molecule has 0 unspecified atom stereocenters. The van der Waals surface area contributed by atoms with Gasteiger partial charge in [-0.2, -0.15) is 13.2 Å². The van der Waals surface area contributed by atoms with E-state index in [0.717, 1.165) is 20.0 Å². The third-order valence-electron chi connectivity index (χ3n) is 5.47. The summed E-state index contributed by atoms with van der Waals surface area (Å²) in [6.45, 7) is 1.99. The number of ether oxygens (including phenoxy) is 3. The van der Waals surface area contributed by atoms with Gasteiger partial charge in [0, 0.05) is 24.7 Å². The second-order valence-corrected chi connectivity index (χ2v) is 7.63. The van der Waals surface area contributed by atoms with Gasteiger partial charge in [0.25, 0.3) is 5.60 Å². The Bertz CT molecular complexity index is 902. The summed E-state index contributed by atoms with van der Waals surface area (Å²) >= 11 is 0. The fourth-order valence-corrected chi connectivity index (χ4v) is 3.68. The molecule has 1 aromatic rings. The van der Waals surface area contributed by atoms with Crippen LogP contribution >= 0.6 is 0 Å². The van der Waals surface area contributed by atoms with Crippen LogP contribution in [0.3, 0.4) is 0 Å². The van der Waals surface area contributed by atoms with Gasteiger partial charge < -0.3 is 14.2 Å². The minimum Gasteiger partial charge on any atom is -0.466 e. The number of esters is 2. The van der Waals surface area contributed by atoms with Gasteiger partial charge in [-0.3, -0.25) is 0 Å². The Morgan fingerprint density at radius 2 is 1.70 bits per heavy atom. The van der Waals surface area contributed by atoms with Crippen molar-refractivity contribution in [1.82, 2.24) is 0 Å². The maximum atomic E-state index is 14.3. The first kappa shape index (κ1) is 26.4. The molecule has 5 nitrogen and oxygen atoms in total. The zero-order valence-corrected chi connectivity index (χ0v) is 19.0. The van der Waals surface area contributed by atoms with Crippen molar-refractivity contribution < 1.29 is 37.0 Å². The molecule has 0 aromatic heterocycles. The van der Waals surface area contributed by atoms with E-state index in [-0.39, 0.29) is 12.0 Å². The summed E-state index contributed by atoms with van der Waals surface area (Å²) in [6, 6.07) is 6.69. The van der Waals surface area contributed by atoms with Gasteiger partial charge in [0.1, 0.15) is 6.10 Å². The van der Waals surface area contributed by atoms with Gasteiger partial charge in [0.05, 0.1) is 7.11 Å². The highest BCUT2D eigenvalue weighted by Crippen LogP contribution is 2.43. The number of carbonyl (C=O) groups excluding carboxylic acids is 2. The quantitative estimate of drug-likeness (QED) is 0.333. The van der Waals surface area contributed by atoms with Gasteiger partial charge in [-0.05, 0) is 18.4 Å². The van der Waals surface area contributed by atoms with Crippen LogP contribution in [0.15, 0.2) is 65.8 Å². The Hall–Kier alpha value is -2.87. The number of rotatable bonds is 10. The van der Waals surface area contributed by atoms with Crippen molar-refractivity contribution in [3.8, 4) is 0 Å². The van der Waals surface area contributed by atoms with E-state index in [4.69, 9.17) is 14.2 Å². The molecule has 1 aliphatic rings. The normalized spacial score (nSPS) is 16.7. The van der Waals surface area contributed by atoms with Crippen LogP contribution in [0.4, 0.5) is 13.2 Å². The van der Waals surface area contributed by atoms with E-state index in [2.05, 4.69) is 0 Å². The smallest absolute Gasteiger partial charge is 0.432 e. The lowest BCUT2D eigenvalue weighted by molar-refractivity contribution is -0.277. The zero-order chi connectivity index (χ0) is 24.5. The van der Waals surface area contributed by atoms with Crippen molar-refractivity contribution in [2.75, 3.05) is 14.2 Å². The number of hydrogen-bond donors (Lipinski definition) is 0. The summed E-state index contributed by atoms with van der Waals surface area (Å²) in [5.41, 5.74) is -2.84. The summed E-state index contributed by atoms with van der Waals surface area (Å²) < 4.78 is 58.0. The lowest BCUT2D eigenvalue weighted by Crippen LogP contribution is -2.52. The van der Waals surface area contributed by atoms with Gasteiger partial charge in [0.15, 0.2) is 0 Å². The summed E-state index contributed by atoms with van der Waals surface area (Å²) in [6.07, 6.45) is 3.17. The van der Waals surface area contributed by atoms with Crippen LogP contribution in [0, 0.1) is 0 Å². The highest BCUT2D eigenvalue weighted by atomic mass is 19.4. The molecule has 0 heterocycles. The molecule has 0 amide bonds. The van der Waals surface area contributed by atoms with Crippen LogP contribution in [-0.4, -0.2) is 38.4 Å². The van der Waals surface area contributed by atoms with E-state index in [1.54, 1.807) is 30.4 Å². The Kier molecular flexibility index (Phi) is 9.46. The molecule has 1 aliphatic carbocycles. The number of unbranched alkanes of at least 4 members (excludes halogenated alkanes) is 2. The third-order valence-corrected chi connectivity index (χ3v) is 5.47. The SMILES string of the molecule is CCCCC[C@@H](OC(=O)[C@](OC)(c1ccccc1)C(F)(F)F)C1=CC=CC=C(C(=O)OC)C1. The number of alkyl halides is 3. The van der Waals surface area contributed by atoms with Crippen molar-refractivity contribution in [2.45, 2.75) is 56.9 Å². The first-order valence-corrected chi connectivity index (χ1v) is 10.7. The fraction of sp³-hybridized carbons (Fsp3) is 0.440. The largest absolute Gasteiger partial charge is 0.466 e. The highest BCUT2D eigenvalue weighted by Gasteiger charge is 2.64. The average molecular weight is 466 g/mol. The maximum Gasteiger partial charge on any atom is 0.432 e. The second-order valence-electron chi connectivity index (χ2n) is 7.63. The number of halogens is 3. The molecule has 0 fully saturated rings. The Morgan fingerprint density at radius 1 is 1.03 bits per heavy atom. The van der Waals surface area contributed by atoms with Crippen molar-refractivity contribution in [2.24, 2.45) is 0 Å². The minimum absolute atomic E-state index is 0.0844. The lowest BCUT2D eigenvalue weighted by Gasteiger charge is -2.34. The number of hydrogen-bond acceptors (Lipinski definition) is 5. The molecule has 2 atom stereocenters. The zero-order valence-electron chi connectivity index (χ0n) is 19.0. The fourth-order valence-electron chi connectivity index (χ4n) is 3.68. The van der Waals surface area contributed by atoms with Crippen LogP contribution in [0.5, 0.6) is 0 Å². The molecule has 2 rings (SSSR count). The molecule has 0 radical (unpaired) electrons. The van der Waals surface area contributed by atoms with Crippen LogP contribution < -0.4 is 0 Å². The molecule has 8 heteroatoms. The number of carbonyl (C=O) groups is 2. The second kappa shape index (κ2) is 11.8. The summed E-state index contributed by atoms with van der Waals surface area (Å²) in [7, 11) is 2.08. The van der Waals surface area contributed by atoms with E-state index in [0.29, 0.717) is 24.0 Å². The van der Waals surface area contributed by atoms with Gasteiger partial charge in [-0.15, -0.1) is 0 Å². The van der Waals surface area contributed by atoms with E-state index in [1.165, 1.54) is 31.4 Å². The molecule has 180 valence electrons. The molecule has 0 spiro atoms. The molecule has 0 saturated heterocycles. The molecular weight excluding hydrogens is 437 g/mol. The van der Waals surface area contributed by atoms with Crippen LogP contribution in [0.1, 0.15) is 44.6 Å². The molecule has 33 heavy (non-hydrogen) atoms. The Labute approximate surface area is 191 Å². The summed E-state index contributed by atoms with van der Waals surface area (Å²) in [5, 5.41) is 0. The highest BCUT2D eigenvalue weighted by molar-refractivity contribution is 5.89. The molecule has 0 aliphatic heterocycles. The topological polar surface area (TPSA) is 61.8 Å². The van der Waals surface area contributed by atoms with Gasteiger partial charge in [-0.1, -0.05) is 74.4 Å². The van der Waals surface area contributed by atoms with E-state index < -0.39 is 29.8 Å². The van der Waals surface area contributed by atoms with E-state index in [9.17, 15) is 22.8 Å². The summed E-state index contributed by atoms with van der Waals surface area (Å²) in [5.74, 6) is -2.11. The number of benzene rings is 1. The van der Waals surface area contributed by atoms with E-state index in [1.807, 2.05) is 6.92 Å². The first-order valence-electron chi connectivity index (χ1n) is 10.7. The predicted molar refractivity (Wildman–Crippen MR) is 117 cm³/mol. The molecule has 0 bridgehead atoms.